The number of carbonyl (C=O) groups is 2. The van der Waals surface area contributed by atoms with E-state index in [1.54, 1.807) is 0 Å². The minimum absolute atomic E-state index is 0.212. The molecule has 0 bridgehead atoms. The van der Waals surface area contributed by atoms with Gasteiger partial charge in [-0.15, -0.1) is 0 Å². The van der Waals surface area contributed by atoms with Crippen molar-refractivity contribution in [3.63, 3.8) is 0 Å². The number of aromatic nitrogens is 1. The number of hydrogen-bond donors (Lipinski definition) is 2. The maximum atomic E-state index is 11.5. The lowest BCUT2D eigenvalue weighted by molar-refractivity contribution is -0.131. The Morgan fingerprint density at radius 2 is 2.16 bits per heavy atom. The molecule has 0 aliphatic heterocycles. The maximum Gasteiger partial charge on any atom is 0.328 e. The average Bonchev–Trinajstić information content (AvgIpc) is 2.37. The lowest BCUT2D eigenvalue weighted by atomic mass is 10.3. The summed E-state index contributed by atoms with van der Waals surface area (Å²) in [5.74, 6) is -1.79. The number of nitrogens with zero attached hydrogens (tertiary/aromatic N) is 1. The summed E-state index contributed by atoms with van der Waals surface area (Å²) in [6, 6.07) is 2.75. The lowest BCUT2D eigenvalue weighted by Crippen LogP contribution is -2.22. The quantitative estimate of drug-likeness (QED) is 0.710. The molecule has 0 aliphatic carbocycles. The molecule has 2 N–H and O–H groups in total. The molecule has 0 aromatic carbocycles. The van der Waals surface area contributed by atoms with E-state index in [1.165, 1.54) is 30.0 Å². The fourth-order valence-corrected chi connectivity index (χ4v) is 1.30. The number of anilines is 1. The predicted octanol–water partition coefficient (Wildman–Crippen LogP) is 0.0740. The van der Waals surface area contributed by atoms with Crippen molar-refractivity contribution in [1.82, 2.24) is 4.57 Å². The Morgan fingerprint density at radius 1 is 1.42 bits per heavy atom. The van der Waals surface area contributed by atoms with Crippen LogP contribution >= 0.6 is 0 Å². The van der Waals surface area contributed by atoms with Crippen molar-refractivity contribution in [2.75, 3.05) is 19.0 Å². The highest BCUT2D eigenvalue weighted by molar-refractivity contribution is 6.02. The maximum absolute atomic E-state index is 11.5. The van der Waals surface area contributed by atoms with Crippen molar-refractivity contribution in [1.29, 1.82) is 0 Å². The molecule has 0 unspecified atom stereocenters. The summed E-state index contributed by atoms with van der Waals surface area (Å²) >= 11 is 0. The summed E-state index contributed by atoms with van der Waals surface area (Å²) in [7, 11) is 1.52. The summed E-state index contributed by atoms with van der Waals surface area (Å²) < 4.78 is 6.25. The second-order valence-electron chi connectivity index (χ2n) is 3.60. The van der Waals surface area contributed by atoms with Gasteiger partial charge in [0.1, 0.15) is 0 Å². The Bertz CT molecular complexity index is 547. The fraction of sp³-hybridized carbons (Fsp3) is 0.250. The Hall–Kier alpha value is -2.41. The summed E-state index contributed by atoms with van der Waals surface area (Å²) in [5.41, 5.74) is 0.187. The van der Waals surface area contributed by atoms with Gasteiger partial charge in [0.2, 0.25) is 5.91 Å². The van der Waals surface area contributed by atoms with Gasteiger partial charge in [0, 0.05) is 38.1 Å². The van der Waals surface area contributed by atoms with Crippen molar-refractivity contribution in [2.24, 2.45) is 0 Å². The number of carboxylic acids is 1. The van der Waals surface area contributed by atoms with Crippen LogP contribution in [0.4, 0.5) is 5.69 Å². The van der Waals surface area contributed by atoms with Crippen LogP contribution in [0.3, 0.4) is 0 Å². The topological polar surface area (TPSA) is 97.6 Å². The number of amides is 1. The van der Waals surface area contributed by atoms with E-state index in [1.807, 2.05) is 0 Å². The van der Waals surface area contributed by atoms with Gasteiger partial charge in [-0.2, -0.15) is 0 Å². The number of pyridine rings is 1. The SMILES string of the molecule is COCCn1cc(NC(=O)/C=C/C(=O)O)ccc1=O. The Morgan fingerprint density at radius 3 is 2.79 bits per heavy atom. The molecule has 0 spiro atoms. The molecule has 0 aliphatic rings. The Labute approximate surface area is 109 Å². The molecule has 102 valence electrons. The zero-order chi connectivity index (χ0) is 14.3. The van der Waals surface area contributed by atoms with E-state index in [0.717, 1.165) is 12.2 Å². The van der Waals surface area contributed by atoms with Crippen LogP contribution in [0.15, 0.2) is 35.3 Å². The van der Waals surface area contributed by atoms with Gasteiger partial charge in [0.25, 0.3) is 5.56 Å². The monoisotopic (exact) mass is 266 g/mol. The van der Waals surface area contributed by atoms with Crippen molar-refractivity contribution >= 4 is 17.6 Å². The van der Waals surface area contributed by atoms with Gasteiger partial charge in [-0.3, -0.25) is 9.59 Å². The van der Waals surface area contributed by atoms with Crippen LogP contribution in [0.25, 0.3) is 0 Å². The molecule has 7 heteroatoms. The first-order valence-electron chi connectivity index (χ1n) is 5.44. The van der Waals surface area contributed by atoms with Gasteiger partial charge in [-0.1, -0.05) is 0 Å². The summed E-state index contributed by atoms with van der Waals surface area (Å²) in [4.78, 5) is 33.1. The van der Waals surface area contributed by atoms with Gasteiger partial charge in [0.05, 0.1) is 12.3 Å². The molecule has 1 amide bonds. The second kappa shape index (κ2) is 7.12. The van der Waals surface area contributed by atoms with Crippen LogP contribution in [-0.4, -0.2) is 35.3 Å². The molecular weight excluding hydrogens is 252 g/mol. The van der Waals surface area contributed by atoms with Crippen LogP contribution < -0.4 is 10.9 Å². The third kappa shape index (κ3) is 5.17. The predicted molar refractivity (Wildman–Crippen MR) is 68.0 cm³/mol. The molecule has 1 rings (SSSR count). The van der Waals surface area contributed by atoms with Crippen molar-refractivity contribution in [3.8, 4) is 0 Å². The third-order valence-corrected chi connectivity index (χ3v) is 2.16. The molecule has 0 fully saturated rings. The van der Waals surface area contributed by atoms with Crippen molar-refractivity contribution < 1.29 is 19.4 Å². The highest BCUT2D eigenvalue weighted by Gasteiger charge is 2.02. The number of carboxylic acid groups (broad SMARTS) is 1. The van der Waals surface area contributed by atoms with E-state index in [4.69, 9.17) is 9.84 Å². The summed E-state index contributed by atoms with van der Waals surface area (Å²) in [6.07, 6.45) is 3.09. The van der Waals surface area contributed by atoms with Gasteiger partial charge in [-0.05, 0) is 6.07 Å². The van der Waals surface area contributed by atoms with E-state index in [9.17, 15) is 14.4 Å². The number of aliphatic carboxylic acids is 1. The minimum atomic E-state index is -1.21. The molecule has 1 aromatic heterocycles. The van der Waals surface area contributed by atoms with Crippen molar-refractivity contribution in [2.45, 2.75) is 6.54 Å². The number of carbonyl (C=O) groups excluding carboxylic acids is 1. The zero-order valence-corrected chi connectivity index (χ0v) is 10.3. The van der Waals surface area contributed by atoms with Gasteiger partial charge in [0.15, 0.2) is 0 Å². The zero-order valence-electron chi connectivity index (χ0n) is 10.3. The number of methoxy groups -OCH3 is 1. The van der Waals surface area contributed by atoms with E-state index < -0.39 is 11.9 Å². The smallest absolute Gasteiger partial charge is 0.328 e. The molecule has 1 heterocycles. The minimum Gasteiger partial charge on any atom is -0.478 e. The first-order valence-corrected chi connectivity index (χ1v) is 5.44. The normalized spacial score (nSPS) is 10.6. The standard InChI is InChI=1S/C12H14N2O5/c1-19-7-6-14-8-9(2-4-11(14)16)13-10(15)3-5-12(17)18/h2-5,8H,6-7H2,1H3,(H,13,15)(H,17,18)/b5-3+. The van der Waals surface area contributed by atoms with Crippen LogP contribution in [0, 0.1) is 0 Å². The van der Waals surface area contributed by atoms with E-state index >= 15 is 0 Å². The summed E-state index contributed by atoms with van der Waals surface area (Å²) in [6.45, 7) is 0.736. The molecule has 0 saturated heterocycles. The van der Waals surface area contributed by atoms with Crippen LogP contribution in [0.2, 0.25) is 0 Å². The molecular formula is C12H14N2O5. The molecule has 0 atom stereocenters. The number of ether oxygens (including phenoxy) is 1. The molecule has 0 saturated carbocycles. The fourth-order valence-electron chi connectivity index (χ4n) is 1.30. The largest absolute Gasteiger partial charge is 0.478 e. The van der Waals surface area contributed by atoms with E-state index in [2.05, 4.69) is 5.32 Å². The van der Waals surface area contributed by atoms with Gasteiger partial charge < -0.3 is 19.7 Å². The molecule has 0 radical (unpaired) electrons. The van der Waals surface area contributed by atoms with Crippen LogP contribution in [0.5, 0.6) is 0 Å². The van der Waals surface area contributed by atoms with E-state index in [0.29, 0.717) is 18.8 Å². The second-order valence-corrected chi connectivity index (χ2v) is 3.60. The molecule has 7 nitrogen and oxygen atoms in total. The van der Waals surface area contributed by atoms with Crippen LogP contribution in [-0.2, 0) is 20.9 Å². The highest BCUT2D eigenvalue weighted by atomic mass is 16.5. The molecule has 1 aromatic rings. The Kier molecular flexibility index (Phi) is 5.49. The van der Waals surface area contributed by atoms with Gasteiger partial charge in [-0.25, -0.2) is 4.79 Å². The van der Waals surface area contributed by atoms with Crippen LogP contribution in [0.1, 0.15) is 0 Å². The first kappa shape index (κ1) is 14.7. The highest BCUT2D eigenvalue weighted by Crippen LogP contribution is 2.03. The van der Waals surface area contributed by atoms with E-state index in [-0.39, 0.29) is 5.56 Å². The Balaban J connectivity index is 2.76. The third-order valence-electron chi connectivity index (χ3n) is 2.16. The number of hydrogen-bond acceptors (Lipinski definition) is 4. The lowest BCUT2D eigenvalue weighted by Gasteiger charge is -2.07. The number of rotatable bonds is 6. The first-order chi connectivity index (χ1) is 9.02. The van der Waals surface area contributed by atoms with Crippen molar-refractivity contribution in [3.05, 3.63) is 40.8 Å². The summed E-state index contributed by atoms with van der Waals surface area (Å²) in [5, 5.41) is 10.8. The average molecular weight is 266 g/mol. The number of nitrogens with one attached hydrogen (secondary N) is 1. The molecule has 19 heavy (non-hydrogen) atoms. The van der Waals surface area contributed by atoms with Gasteiger partial charge >= 0.3 is 5.97 Å².